The van der Waals surface area contributed by atoms with Gasteiger partial charge in [0.15, 0.2) is 6.61 Å². The van der Waals surface area contributed by atoms with Crippen molar-refractivity contribution in [1.82, 2.24) is 4.90 Å². The van der Waals surface area contributed by atoms with Crippen LogP contribution in [0.2, 0.25) is 0 Å². The van der Waals surface area contributed by atoms with E-state index in [9.17, 15) is 9.59 Å². The summed E-state index contributed by atoms with van der Waals surface area (Å²) in [5, 5.41) is 8.64. The van der Waals surface area contributed by atoms with Gasteiger partial charge < -0.3 is 19.5 Å². The van der Waals surface area contributed by atoms with Crippen molar-refractivity contribution in [3.63, 3.8) is 0 Å². The zero-order chi connectivity index (χ0) is 15.1. The number of carbonyl (C=O) groups is 2. The molecule has 1 amide bonds. The van der Waals surface area contributed by atoms with Crippen molar-refractivity contribution >= 4 is 18.0 Å². The van der Waals surface area contributed by atoms with E-state index in [1.165, 1.54) is 18.1 Å². The van der Waals surface area contributed by atoms with Crippen LogP contribution in [0.4, 0.5) is 0 Å². The largest absolute Gasteiger partial charge is 0.497 e. The SMILES string of the molecule is COc1ccc(C=CC(=O)O)c(OCC(=O)N(C)C)c1. The van der Waals surface area contributed by atoms with Gasteiger partial charge in [0.2, 0.25) is 0 Å². The monoisotopic (exact) mass is 279 g/mol. The van der Waals surface area contributed by atoms with E-state index in [1.54, 1.807) is 32.3 Å². The van der Waals surface area contributed by atoms with Crippen molar-refractivity contribution in [2.24, 2.45) is 0 Å². The maximum atomic E-state index is 11.5. The number of hydrogen-bond acceptors (Lipinski definition) is 4. The van der Waals surface area contributed by atoms with E-state index >= 15 is 0 Å². The first kappa shape index (κ1) is 15.6. The third-order valence-corrected chi connectivity index (χ3v) is 2.48. The van der Waals surface area contributed by atoms with Gasteiger partial charge in [-0.15, -0.1) is 0 Å². The molecule has 1 aromatic rings. The Morgan fingerprint density at radius 3 is 2.60 bits per heavy atom. The predicted octanol–water partition coefficient (Wildman–Crippen LogP) is 1.26. The van der Waals surface area contributed by atoms with Crippen LogP contribution in [0.1, 0.15) is 5.56 Å². The van der Waals surface area contributed by atoms with Crippen LogP contribution in [0.3, 0.4) is 0 Å². The van der Waals surface area contributed by atoms with Crippen LogP contribution in [0, 0.1) is 0 Å². The Morgan fingerprint density at radius 1 is 1.35 bits per heavy atom. The highest BCUT2D eigenvalue weighted by atomic mass is 16.5. The van der Waals surface area contributed by atoms with Crippen LogP contribution in [0.25, 0.3) is 6.08 Å². The molecule has 6 heteroatoms. The minimum atomic E-state index is -1.06. The lowest BCUT2D eigenvalue weighted by Gasteiger charge is -2.13. The summed E-state index contributed by atoms with van der Waals surface area (Å²) in [6, 6.07) is 4.94. The molecule has 108 valence electrons. The maximum Gasteiger partial charge on any atom is 0.328 e. The average molecular weight is 279 g/mol. The Morgan fingerprint density at radius 2 is 2.05 bits per heavy atom. The van der Waals surface area contributed by atoms with Gasteiger partial charge in [-0.2, -0.15) is 0 Å². The summed E-state index contributed by atoms with van der Waals surface area (Å²) in [5.41, 5.74) is 0.555. The number of hydrogen-bond donors (Lipinski definition) is 1. The van der Waals surface area contributed by atoms with E-state index in [0.29, 0.717) is 17.1 Å². The number of nitrogens with zero attached hydrogens (tertiary/aromatic N) is 1. The third-order valence-electron chi connectivity index (χ3n) is 2.48. The van der Waals surface area contributed by atoms with Gasteiger partial charge in [0.25, 0.3) is 5.91 Å². The third kappa shape index (κ3) is 4.64. The van der Waals surface area contributed by atoms with Gasteiger partial charge in [0.05, 0.1) is 7.11 Å². The average Bonchev–Trinajstić information content (AvgIpc) is 2.42. The first-order valence-corrected chi connectivity index (χ1v) is 5.86. The Bertz CT molecular complexity index is 522. The molecule has 0 heterocycles. The van der Waals surface area contributed by atoms with Gasteiger partial charge in [-0.25, -0.2) is 4.79 Å². The van der Waals surface area contributed by atoms with Gasteiger partial charge in [-0.3, -0.25) is 4.79 Å². The minimum absolute atomic E-state index is 0.131. The van der Waals surface area contributed by atoms with Crippen molar-refractivity contribution in [1.29, 1.82) is 0 Å². The molecule has 0 radical (unpaired) electrons. The molecule has 0 unspecified atom stereocenters. The second kappa shape index (κ2) is 7.18. The minimum Gasteiger partial charge on any atom is -0.497 e. The number of aliphatic carboxylic acids is 1. The fourth-order valence-electron chi connectivity index (χ4n) is 1.33. The highest BCUT2D eigenvalue weighted by Gasteiger charge is 2.09. The highest BCUT2D eigenvalue weighted by molar-refractivity contribution is 5.86. The van der Waals surface area contributed by atoms with Gasteiger partial charge in [0, 0.05) is 31.8 Å². The van der Waals surface area contributed by atoms with Crippen LogP contribution in [0.5, 0.6) is 11.5 Å². The Balaban J connectivity index is 2.94. The highest BCUT2D eigenvalue weighted by Crippen LogP contribution is 2.26. The van der Waals surface area contributed by atoms with Gasteiger partial charge in [0.1, 0.15) is 11.5 Å². The van der Waals surface area contributed by atoms with Gasteiger partial charge in [-0.05, 0) is 18.2 Å². The maximum absolute atomic E-state index is 11.5. The standard InChI is InChI=1S/C14H17NO5/c1-15(2)13(16)9-20-12-8-11(19-3)6-4-10(12)5-7-14(17)18/h4-8H,9H2,1-3H3,(H,17,18). The smallest absolute Gasteiger partial charge is 0.328 e. The van der Waals surface area contributed by atoms with Crippen molar-refractivity contribution in [2.45, 2.75) is 0 Å². The van der Waals surface area contributed by atoms with E-state index in [2.05, 4.69) is 0 Å². The molecule has 0 saturated heterocycles. The van der Waals surface area contributed by atoms with Gasteiger partial charge >= 0.3 is 5.97 Å². The van der Waals surface area contributed by atoms with Crippen molar-refractivity contribution in [2.75, 3.05) is 27.8 Å². The number of likely N-dealkylation sites (N-methyl/N-ethyl adjacent to an activating group) is 1. The first-order valence-electron chi connectivity index (χ1n) is 5.86. The lowest BCUT2D eigenvalue weighted by atomic mass is 10.1. The van der Waals surface area contributed by atoms with Crippen molar-refractivity contribution in [3.05, 3.63) is 29.8 Å². The van der Waals surface area contributed by atoms with Crippen LogP contribution in [0.15, 0.2) is 24.3 Å². The summed E-state index contributed by atoms with van der Waals surface area (Å²) in [4.78, 5) is 23.5. The zero-order valence-corrected chi connectivity index (χ0v) is 11.6. The zero-order valence-electron chi connectivity index (χ0n) is 11.6. The van der Waals surface area contributed by atoms with Crippen LogP contribution >= 0.6 is 0 Å². The molecule has 0 atom stereocenters. The molecule has 0 aliphatic rings. The van der Waals surface area contributed by atoms with E-state index in [0.717, 1.165) is 6.08 Å². The molecular weight excluding hydrogens is 262 g/mol. The number of rotatable bonds is 6. The quantitative estimate of drug-likeness (QED) is 0.793. The molecule has 0 saturated carbocycles. The van der Waals surface area contributed by atoms with Gasteiger partial charge in [-0.1, -0.05) is 0 Å². The van der Waals surface area contributed by atoms with Crippen molar-refractivity contribution in [3.8, 4) is 11.5 Å². The van der Waals surface area contributed by atoms with E-state index in [1.807, 2.05) is 0 Å². The summed E-state index contributed by atoms with van der Waals surface area (Å²) >= 11 is 0. The molecule has 0 aliphatic carbocycles. The second-order valence-corrected chi connectivity index (χ2v) is 4.15. The number of amides is 1. The van der Waals surface area contributed by atoms with E-state index in [4.69, 9.17) is 14.6 Å². The number of carboxylic acids is 1. The molecule has 0 fully saturated rings. The summed E-state index contributed by atoms with van der Waals surface area (Å²) in [6.07, 6.45) is 2.40. The number of carboxylic acid groups (broad SMARTS) is 1. The molecule has 6 nitrogen and oxygen atoms in total. The molecule has 0 aliphatic heterocycles. The van der Waals surface area contributed by atoms with Crippen LogP contribution < -0.4 is 9.47 Å². The first-order chi connectivity index (χ1) is 9.43. The number of benzene rings is 1. The Kier molecular flexibility index (Phi) is 5.58. The molecule has 0 spiro atoms. The summed E-state index contributed by atoms with van der Waals surface area (Å²) < 4.78 is 10.5. The number of methoxy groups -OCH3 is 1. The lowest BCUT2D eigenvalue weighted by Crippen LogP contribution is -2.27. The molecule has 1 rings (SSSR count). The molecule has 20 heavy (non-hydrogen) atoms. The molecule has 1 aromatic carbocycles. The van der Waals surface area contributed by atoms with E-state index in [-0.39, 0.29) is 12.5 Å². The normalized spacial score (nSPS) is 10.3. The topological polar surface area (TPSA) is 76.1 Å². The van der Waals surface area contributed by atoms with Crippen molar-refractivity contribution < 1.29 is 24.2 Å². The Labute approximate surface area is 117 Å². The fraction of sp³-hybridized carbons (Fsp3) is 0.286. The molecule has 0 aromatic heterocycles. The number of carbonyl (C=O) groups excluding carboxylic acids is 1. The van der Waals surface area contributed by atoms with E-state index < -0.39 is 5.97 Å². The second-order valence-electron chi connectivity index (χ2n) is 4.15. The summed E-state index contributed by atoms with van der Waals surface area (Å²) in [7, 11) is 4.77. The summed E-state index contributed by atoms with van der Waals surface area (Å²) in [5.74, 6) is -0.307. The lowest BCUT2D eigenvalue weighted by molar-refractivity contribution is -0.132. The predicted molar refractivity (Wildman–Crippen MR) is 73.9 cm³/mol. The Hall–Kier alpha value is -2.50. The molecule has 0 bridgehead atoms. The van der Waals surface area contributed by atoms with Crippen LogP contribution in [-0.4, -0.2) is 49.7 Å². The molecular formula is C14H17NO5. The number of ether oxygens (including phenoxy) is 2. The summed E-state index contributed by atoms with van der Waals surface area (Å²) in [6.45, 7) is -0.131. The molecule has 1 N–H and O–H groups in total. The fourth-order valence-corrected chi connectivity index (χ4v) is 1.33. The van der Waals surface area contributed by atoms with Crippen LogP contribution in [-0.2, 0) is 9.59 Å².